The molecule has 0 saturated heterocycles. The van der Waals surface area contributed by atoms with E-state index in [9.17, 15) is 22.4 Å². The number of aryl methyl sites for hydroxylation is 1. The Labute approximate surface area is 243 Å². The maximum Gasteiger partial charge on any atom is 0.304 e. The summed E-state index contributed by atoms with van der Waals surface area (Å²) in [5, 5.41) is 2.94. The standard InChI is InChI=1S/C31H39FN4O4S/c1-5-6-20-33-31(38)29(21-25-12-8-7-9-13-25)35(22-26-18-16-24(2)17-19-26)30(37)23-36(41(39,40)34(3)4)28-15-11-10-14-27(28)32/h7-19,29H,5-6,20-23H2,1-4H3,(H,33,38). The van der Waals surface area contributed by atoms with Crippen molar-refractivity contribution in [3.05, 3.63) is 101 Å². The molecule has 8 nitrogen and oxygen atoms in total. The normalized spacial score (nSPS) is 12.1. The topological polar surface area (TPSA) is 90.0 Å². The first-order valence-electron chi connectivity index (χ1n) is 13.7. The molecule has 0 spiro atoms. The average molecular weight is 583 g/mol. The number of hydrogen-bond donors (Lipinski definition) is 1. The fourth-order valence-electron chi connectivity index (χ4n) is 4.31. The van der Waals surface area contributed by atoms with Gasteiger partial charge in [-0.1, -0.05) is 85.6 Å². The Kier molecular flexibility index (Phi) is 11.4. The van der Waals surface area contributed by atoms with E-state index in [1.807, 2.05) is 68.4 Å². The van der Waals surface area contributed by atoms with E-state index in [2.05, 4.69) is 5.32 Å². The Morgan fingerprint density at radius 2 is 1.54 bits per heavy atom. The molecule has 2 amide bonds. The summed E-state index contributed by atoms with van der Waals surface area (Å²) < 4.78 is 43.3. The first kappa shape index (κ1) is 31.8. The van der Waals surface area contributed by atoms with E-state index in [0.717, 1.165) is 44.2 Å². The SMILES string of the molecule is CCCCNC(=O)C(Cc1ccccc1)N(Cc1ccc(C)cc1)C(=O)CN(c1ccccc1F)S(=O)(=O)N(C)C. The Bertz CT molecular complexity index is 1400. The van der Waals surface area contributed by atoms with Gasteiger partial charge in [0.2, 0.25) is 11.8 Å². The molecule has 0 fully saturated rings. The largest absolute Gasteiger partial charge is 0.354 e. The summed E-state index contributed by atoms with van der Waals surface area (Å²) in [6.07, 6.45) is 1.88. The van der Waals surface area contributed by atoms with Crippen LogP contribution in [0.5, 0.6) is 0 Å². The van der Waals surface area contributed by atoms with Gasteiger partial charge in [0.1, 0.15) is 18.4 Å². The molecule has 3 aromatic rings. The smallest absolute Gasteiger partial charge is 0.304 e. The molecule has 0 heterocycles. The van der Waals surface area contributed by atoms with Crippen molar-refractivity contribution in [2.24, 2.45) is 0 Å². The van der Waals surface area contributed by atoms with Crippen LogP contribution in [0.3, 0.4) is 0 Å². The highest BCUT2D eigenvalue weighted by atomic mass is 32.2. The van der Waals surface area contributed by atoms with Crippen LogP contribution in [-0.4, -0.2) is 62.7 Å². The van der Waals surface area contributed by atoms with Crippen LogP contribution in [0, 0.1) is 12.7 Å². The second-order valence-electron chi connectivity index (χ2n) is 10.1. The lowest BCUT2D eigenvalue weighted by atomic mass is 10.0. The van der Waals surface area contributed by atoms with E-state index in [1.54, 1.807) is 0 Å². The van der Waals surface area contributed by atoms with Crippen molar-refractivity contribution in [2.45, 2.75) is 45.7 Å². The molecule has 1 N–H and O–H groups in total. The molecule has 0 radical (unpaired) electrons. The van der Waals surface area contributed by atoms with E-state index < -0.39 is 34.5 Å². The molecule has 0 aliphatic rings. The summed E-state index contributed by atoms with van der Waals surface area (Å²) in [5.74, 6) is -1.75. The van der Waals surface area contributed by atoms with Gasteiger partial charge in [0, 0.05) is 33.6 Å². The molecule has 1 unspecified atom stereocenters. The van der Waals surface area contributed by atoms with Crippen molar-refractivity contribution < 1.29 is 22.4 Å². The van der Waals surface area contributed by atoms with Gasteiger partial charge in [-0.15, -0.1) is 0 Å². The van der Waals surface area contributed by atoms with Crippen LogP contribution >= 0.6 is 0 Å². The lowest BCUT2D eigenvalue weighted by Crippen LogP contribution is -2.54. The molecular formula is C31H39FN4O4S. The fraction of sp³-hybridized carbons (Fsp3) is 0.355. The minimum absolute atomic E-state index is 0.0605. The lowest BCUT2D eigenvalue weighted by molar-refractivity contribution is -0.140. The number of hydrogen-bond acceptors (Lipinski definition) is 4. The van der Waals surface area contributed by atoms with Crippen LogP contribution in [0.25, 0.3) is 0 Å². The first-order valence-corrected chi connectivity index (χ1v) is 15.1. The predicted molar refractivity (Wildman–Crippen MR) is 160 cm³/mol. The Morgan fingerprint density at radius 1 is 0.902 bits per heavy atom. The van der Waals surface area contributed by atoms with Gasteiger partial charge in [-0.05, 0) is 36.6 Å². The van der Waals surface area contributed by atoms with Gasteiger partial charge in [0.05, 0.1) is 5.69 Å². The third-order valence-electron chi connectivity index (χ3n) is 6.71. The molecule has 0 aliphatic carbocycles. The van der Waals surface area contributed by atoms with Crippen LogP contribution in [0.1, 0.15) is 36.5 Å². The second kappa shape index (κ2) is 14.7. The van der Waals surface area contributed by atoms with Crippen molar-refractivity contribution in [3.8, 4) is 0 Å². The van der Waals surface area contributed by atoms with Gasteiger partial charge >= 0.3 is 10.2 Å². The van der Waals surface area contributed by atoms with Crippen LogP contribution in [-0.2, 0) is 32.8 Å². The number of amides is 2. The number of nitrogens with zero attached hydrogens (tertiary/aromatic N) is 3. The van der Waals surface area contributed by atoms with Gasteiger partial charge in [0.25, 0.3) is 0 Å². The zero-order valence-corrected chi connectivity index (χ0v) is 24.9. The number of carbonyl (C=O) groups is 2. The molecular weight excluding hydrogens is 543 g/mol. The highest BCUT2D eigenvalue weighted by Crippen LogP contribution is 2.24. The van der Waals surface area contributed by atoms with E-state index in [0.29, 0.717) is 6.54 Å². The number of rotatable bonds is 14. The lowest BCUT2D eigenvalue weighted by Gasteiger charge is -2.34. The Hall–Kier alpha value is -3.76. The summed E-state index contributed by atoms with van der Waals surface area (Å²) in [5.41, 5.74) is 2.40. The van der Waals surface area contributed by atoms with Gasteiger partial charge < -0.3 is 10.2 Å². The molecule has 0 saturated carbocycles. The van der Waals surface area contributed by atoms with Crippen LogP contribution in [0.15, 0.2) is 78.9 Å². The number of halogens is 1. The van der Waals surface area contributed by atoms with Crippen molar-refractivity contribution in [1.29, 1.82) is 0 Å². The quantitative estimate of drug-likeness (QED) is 0.287. The number of benzene rings is 3. The highest BCUT2D eigenvalue weighted by Gasteiger charge is 2.35. The predicted octanol–water partition coefficient (Wildman–Crippen LogP) is 4.30. The molecule has 0 bridgehead atoms. The summed E-state index contributed by atoms with van der Waals surface area (Å²) in [4.78, 5) is 29.2. The molecule has 3 aromatic carbocycles. The maximum absolute atomic E-state index is 14.9. The minimum atomic E-state index is -4.27. The third kappa shape index (κ3) is 8.61. The minimum Gasteiger partial charge on any atom is -0.354 e. The molecule has 41 heavy (non-hydrogen) atoms. The molecule has 1 atom stereocenters. The van der Waals surface area contributed by atoms with Crippen LogP contribution in [0.4, 0.5) is 10.1 Å². The molecule has 10 heteroatoms. The zero-order valence-electron chi connectivity index (χ0n) is 24.1. The maximum atomic E-state index is 14.9. The molecule has 0 aromatic heterocycles. The fourth-order valence-corrected chi connectivity index (χ4v) is 5.37. The summed E-state index contributed by atoms with van der Waals surface area (Å²) in [7, 11) is -1.63. The van der Waals surface area contributed by atoms with Gasteiger partial charge in [-0.25, -0.2) is 8.70 Å². The van der Waals surface area contributed by atoms with Crippen molar-refractivity contribution >= 4 is 27.7 Å². The van der Waals surface area contributed by atoms with Gasteiger partial charge in [-0.3, -0.25) is 9.59 Å². The van der Waals surface area contributed by atoms with E-state index in [-0.39, 0.29) is 24.6 Å². The molecule has 0 aliphatic heterocycles. The summed E-state index contributed by atoms with van der Waals surface area (Å²) >= 11 is 0. The van der Waals surface area contributed by atoms with Gasteiger partial charge in [0.15, 0.2) is 0 Å². The molecule has 3 rings (SSSR count). The van der Waals surface area contributed by atoms with Crippen LogP contribution in [0.2, 0.25) is 0 Å². The highest BCUT2D eigenvalue weighted by molar-refractivity contribution is 7.90. The number of unbranched alkanes of at least 4 members (excludes halogenated alkanes) is 1. The second-order valence-corrected chi connectivity index (χ2v) is 12.2. The van der Waals surface area contributed by atoms with Crippen LogP contribution < -0.4 is 9.62 Å². The summed E-state index contributed by atoms with van der Waals surface area (Å²) in [6, 6.07) is 21.4. The zero-order chi connectivity index (χ0) is 30.0. The first-order chi connectivity index (χ1) is 19.5. The third-order valence-corrected chi connectivity index (χ3v) is 8.52. The monoisotopic (exact) mass is 582 g/mol. The Balaban J connectivity index is 2.08. The number of carbonyl (C=O) groups excluding carboxylic acids is 2. The summed E-state index contributed by atoms with van der Waals surface area (Å²) in [6.45, 7) is 3.78. The van der Waals surface area contributed by atoms with E-state index in [4.69, 9.17) is 0 Å². The van der Waals surface area contributed by atoms with Gasteiger partial charge in [-0.2, -0.15) is 12.7 Å². The molecule has 220 valence electrons. The number of anilines is 1. The van der Waals surface area contributed by atoms with Crippen molar-refractivity contribution in [3.63, 3.8) is 0 Å². The van der Waals surface area contributed by atoms with Crippen molar-refractivity contribution in [1.82, 2.24) is 14.5 Å². The van der Waals surface area contributed by atoms with Crippen molar-refractivity contribution in [2.75, 3.05) is 31.5 Å². The number of nitrogens with one attached hydrogen (secondary N) is 1. The van der Waals surface area contributed by atoms with E-state index in [1.165, 1.54) is 37.2 Å². The average Bonchev–Trinajstić information content (AvgIpc) is 2.95. The number of para-hydroxylation sites is 1. The van der Waals surface area contributed by atoms with E-state index >= 15 is 0 Å². The Morgan fingerprint density at radius 3 is 2.15 bits per heavy atom.